The van der Waals surface area contributed by atoms with Crippen molar-refractivity contribution in [2.24, 2.45) is 7.05 Å². The van der Waals surface area contributed by atoms with Crippen LogP contribution >= 0.6 is 0 Å². The summed E-state index contributed by atoms with van der Waals surface area (Å²) in [5.74, 6) is 2.56. The summed E-state index contributed by atoms with van der Waals surface area (Å²) >= 11 is 0. The summed E-state index contributed by atoms with van der Waals surface area (Å²) in [6.45, 7) is 2.62. The molecule has 0 fully saturated rings. The van der Waals surface area contributed by atoms with Crippen molar-refractivity contribution in [1.82, 2.24) is 15.0 Å². The van der Waals surface area contributed by atoms with Crippen LogP contribution in [0.2, 0.25) is 0 Å². The standard InChI is InChI=1S/C15H16N4O/c1-11-7-8-14(20-11)13-6-4-3-5-12(13)9-16-15-10-19(2)18-17-15/h3-8,10,16H,9H2,1-2H3. The van der Waals surface area contributed by atoms with Crippen LogP contribution in [0.5, 0.6) is 0 Å². The molecule has 102 valence electrons. The van der Waals surface area contributed by atoms with Crippen molar-refractivity contribution in [3.8, 4) is 11.3 Å². The fourth-order valence-corrected chi connectivity index (χ4v) is 2.11. The van der Waals surface area contributed by atoms with Gasteiger partial charge in [-0.3, -0.25) is 4.68 Å². The van der Waals surface area contributed by atoms with E-state index in [1.165, 1.54) is 0 Å². The third-order valence-electron chi connectivity index (χ3n) is 3.09. The van der Waals surface area contributed by atoms with Crippen molar-refractivity contribution in [2.45, 2.75) is 13.5 Å². The first kappa shape index (κ1) is 12.5. The van der Waals surface area contributed by atoms with E-state index in [-0.39, 0.29) is 0 Å². The molecule has 0 bridgehead atoms. The highest BCUT2D eigenvalue weighted by Crippen LogP contribution is 2.26. The molecule has 0 atom stereocenters. The molecule has 2 aromatic heterocycles. The van der Waals surface area contributed by atoms with Crippen LogP contribution < -0.4 is 5.32 Å². The Morgan fingerprint density at radius 2 is 2.05 bits per heavy atom. The molecule has 0 radical (unpaired) electrons. The third kappa shape index (κ3) is 2.56. The number of nitrogens with zero attached hydrogens (tertiary/aromatic N) is 3. The van der Waals surface area contributed by atoms with Crippen LogP contribution in [-0.4, -0.2) is 15.0 Å². The second-order valence-electron chi connectivity index (χ2n) is 4.70. The van der Waals surface area contributed by atoms with E-state index in [4.69, 9.17) is 4.42 Å². The fraction of sp³-hybridized carbons (Fsp3) is 0.200. The second-order valence-corrected chi connectivity index (χ2v) is 4.70. The SMILES string of the molecule is Cc1ccc(-c2ccccc2CNc2cn(C)nn2)o1. The van der Waals surface area contributed by atoms with Gasteiger partial charge in [-0.05, 0) is 24.6 Å². The van der Waals surface area contributed by atoms with E-state index in [9.17, 15) is 0 Å². The number of furan rings is 1. The number of anilines is 1. The highest BCUT2D eigenvalue weighted by molar-refractivity contribution is 5.62. The molecule has 0 amide bonds. The van der Waals surface area contributed by atoms with E-state index in [0.29, 0.717) is 6.54 Å². The quantitative estimate of drug-likeness (QED) is 0.790. The lowest BCUT2D eigenvalue weighted by Crippen LogP contribution is -2.01. The molecule has 3 rings (SSSR count). The summed E-state index contributed by atoms with van der Waals surface area (Å²) in [5, 5.41) is 11.2. The van der Waals surface area contributed by atoms with Crippen molar-refractivity contribution >= 4 is 5.82 Å². The first-order valence-electron chi connectivity index (χ1n) is 6.47. The van der Waals surface area contributed by atoms with E-state index in [1.54, 1.807) is 4.68 Å². The molecule has 20 heavy (non-hydrogen) atoms. The summed E-state index contributed by atoms with van der Waals surface area (Å²) in [5.41, 5.74) is 2.25. The first-order chi connectivity index (χ1) is 9.72. The van der Waals surface area contributed by atoms with E-state index < -0.39 is 0 Å². The molecule has 0 unspecified atom stereocenters. The van der Waals surface area contributed by atoms with E-state index >= 15 is 0 Å². The summed E-state index contributed by atoms with van der Waals surface area (Å²) in [6, 6.07) is 12.1. The van der Waals surface area contributed by atoms with Crippen LogP contribution in [0.25, 0.3) is 11.3 Å². The summed E-state index contributed by atoms with van der Waals surface area (Å²) in [4.78, 5) is 0. The molecule has 2 heterocycles. The predicted octanol–water partition coefficient (Wildman–Crippen LogP) is 3.00. The topological polar surface area (TPSA) is 55.9 Å². The Labute approximate surface area is 117 Å². The van der Waals surface area contributed by atoms with Gasteiger partial charge in [-0.1, -0.05) is 29.5 Å². The lowest BCUT2D eigenvalue weighted by molar-refractivity contribution is 0.548. The van der Waals surface area contributed by atoms with Crippen molar-refractivity contribution in [3.63, 3.8) is 0 Å². The molecule has 5 nitrogen and oxygen atoms in total. The Balaban J connectivity index is 1.83. The molecule has 3 aromatic rings. The van der Waals surface area contributed by atoms with E-state index in [2.05, 4.69) is 27.8 Å². The summed E-state index contributed by atoms with van der Waals surface area (Å²) in [6.07, 6.45) is 1.85. The first-order valence-corrected chi connectivity index (χ1v) is 6.47. The van der Waals surface area contributed by atoms with Gasteiger partial charge in [0.1, 0.15) is 11.5 Å². The van der Waals surface area contributed by atoms with Gasteiger partial charge in [-0.15, -0.1) is 5.10 Å². The van der Waals surface area contributed by atoms with Crippen molar-refractivity contribution in [1.29, 1.82) is 0 Å². The zero-order valence-electron chi connectivity index (χ0n) is 11.5. The van der Waals surface area contributed by atoms with Crippen LogP contribution in [-0.2, 0) is 13.6 Å². The molecule has 0 saturated carbocycles. The Bertz CT molecular complexity index is 714. The fourth-order valence-electron chi connectivity index (χ4n) is 2.11. The van der Waals surface area contributed by atoms with Crippen molar-refractivity contribution < 1.29 is 4.42 Å². The zero-order chi connectivity index (χ0) is 13.9. The maximum Gasteiger partial charge on any atom is 0.168 e. The number of hydrogen-bond donors (Lipinski definition) is 1. The number of nitrogens with one attached hydrogen (secondary N) is 1. The minimum Gasteiger partial charge on any atom is -0.461 e. The molecule has 0 aliphatic heterocycles. The number of rotatable bonds is 4. The Morgan fingerprint density at radius 1 is 1.20 bits per heavy atom. The van der Waals surface area contributed by atoms with Crippen LogP contribution in [0.15, 0.2) is 47.0 Å². The van der Waals surface area contributed by atoms with Gasteiger partial charge in [0.25, 0.3) is 0 Å². The molecule has 0 aliphatic carbocycles. The van der Waals surface area contributed by atoms with Gasteiger partial charge in [-0.2, -0.15) is 0 Å². The molecule has 0 spiro atoms. The van der Waals surface area contributed by atoms with Gasteiger partial charge in [0.2, 0.25) is 0 Å². The van der Waals surface area contributed by atoms with Gasteiger partial charge in [0, 0.05) is 19.2 Å². The molecule has 5 heteroatoms. The number of aryl methyl sites for hydroxylation is 2. The summed E-state index contributed by atoms with van der Waals surface area (Å²) in [7, 11) is 1.84. The number of hydrogen-bond acceptors (Lipinski definition) is 4. The Morgan fingerprint density at radius 3 is 2.75 bits per heavy atom. The highest BCUT2D eigenvalue weighted by Gasteiger charge is 2.08. The van der Waals surface area contributed by atoms with Gasteiger partial charge in [0.05, 0.1) is 6.20 Å². The maximum absolute atomic E-state index is 5.71. The van der Waals surface area contributed by atoms with Crippen molar-refractivity contribution in [2.75, 3.05) is 5.32 Å². The third-order valence-corrected chi connectivity index (χ3v) is 3.09. The van der Waals surface area contributed by atoms with Gasteiger partial charge in [0.15, 0.2) is 5.82 Å². The molecular weight excluding hydrogens is 252 g/mol. The van der Waals surface area contributed by atoms with Gasteiger partial charge in [-0.25, -0.2) is 0 Å². The normalized spacial score (nSPS) is 10.7. The van der Waals surface area contributed by atoms with E-state index in [1.807, 2.05) is 44.4 Å². The Hall–Kier alpha value is -2.56. The smallest absolute Gasteiger partial charge is 0.168 e. The highest BCUT2D eigenvalue weighted by atomic mass is 16.3. The maximum atomic E-state index is 5.71. The molecule has 1 aromatic carbocycles. The lowest BCUT2D eigenvalue weighted by atomic mass is 10.1. The minimum absolute atomic E-state index is 0.675. The van der Waals surface area contributed by atoms with Gasteiger partial charge < -0.3 is 9.73 Å². The number of benzene rings is 1. The molecule has 0 saturated heterocycles. The summed E-state index contributed by atoms with van der Waals surface area (Å²) < 4.78 is 7.38. The van der Waals surface area contributed by atoms with Gasteiger partial charge >= 0.3 is 0 Å². The van der Waals surface area contributed by atoms with Crippen LogP contribution in [0.1, 0.15) is 11.3 Å². The van der Waals surface area contributed by atoms with Crippen molar-refractivity contribution in [3.05, 3.63) is 53.9 Å². The zero-order valence-corrected chi connectivity index (χ0v) is 11.5. The van der Waals surface area contributed by atoms with Crippen LogP contribution in [0, 0.1) is 6.92 Å². The van der Waals surface area contributed by atoms with Crippen LogP contribution in [0.4, 0.5) is 5.82 Å². The molecule has 0 aliphatic rings. The number of aromatic nitrogens is 3. The predicted molar refractivity (Wildman–Crippen MR) is 77.2 cm³/mol. The van der Waals surface area contributed by atoms with Crippen LogP contribution in [0.3, 0.4) is 0 Å². The lowest BCUT2D eigenvalue weighted by Gasteiger charge is -2.08. The Kier molecular flexibility index (Phi) is 3.25. The van der Waals surface area contributed by atoms with E-state index in [0.717, 1.165) is 28.5 Å². The molecular formula is C15H16N4O. The monoisotopic (exact) mass is 268 g/mol. The second kappa shape index (κ2) is 5.21. The average Bonchev–Trinajstić information content (AvgIpc) is 3.06. The minimum atomic E-state index is 0.675. The average molecular weight is 268 g/mol. The molecule has 1 N–H and O–H groups in total. The largest absolute Gasteiger partial charge is 0.461 e.